The topological polar surface area (TPSA) is 38.0 Å². The van der Waals surface area contributed by atoms with Crippen molar-refractivity contribution in [2.24, 2.45) is 5.92 Å². The van der Waals surface area contributed by atoms with E-state index in [9.17, 15) is 5.11 Å². The van der Waals surface area contributed by atoms with E-state index in [-0.39, 0.29) is 0 Å². The molecule has 1 aliphatic rings. The number of hydrogen-bond acceptors (Lipinski definition) is 2. The Kier molecular flexibility index (Phi) is 5.73. The van der Waals surface area contributed by atoms with Gasteiger partial charge in [-0.1, -0.05) is 44.7 Å². The van der Waals surface area contributed by atoms with Gasteiger partial charge in [0.25, 0.3) is 0 Å². The van der Waals surface area contributed by atoms with E-state index in [1.165, 1.54) is 12.8 Å². The van der Waals surface area contributed by atoms with Gasteiger partial charge < -0.3 is 5.11 Å². The van der Waals surface area contributed by atoms with Crippen molar-refractivity contribution in [2.45, 2.75) is 84.3 Å². The van der Waals surface area contributed by atoms with Crippen LogP contribution >= 0.6 is 11.6 Å². The number of hydrogen-bond donors (Lipinski definition) is 1. The lowest BCUT2D eigenvalue weighted by Gasteiger charge is -2.27. The Labute approximate surface area is 133 Å². The van der Waals surface area contributed by atoms with E-state index < -0.39 is 5.60 Å². The van der Waals surface area contributed by atoms with Gasteiger partial charge in [0.1, 0.15) is 0 Å². The van der Waals surface area contributed by atoms with Crippen molar-refractivity contribution in [3.8, 4) is 0 Å². The Morgan fingerprint density at radius 3 is 2.67 bits per heavy atom. The number of aliphatic hydroxyl groups is 1. The molecule has 1 aromatic heterocycles. The third-order valence-corrected chi connectivity index (χ3v) is 5.48. The van der Waals surface area contributed by atoms with Gasteiger partial charge in [-0.2, -0.15) is 5.10 Å². The zero-order valence-electron chi connectivity index (χ0n) is 13.7. The fourth-order valence-corrected chi connectivity index (χ4v) is 3.88. The Bertz CT molecular complexity index is 472. The van der Waals surface area contributed by atoms with E-state index in [2.05, 4.69) is 25.9 Å². The van der Waals surface area contributed by atoms with Crippen molar-refractivity contribution in [3.05, 3.63) is 16.4 Å². The molecule has 0 bridgehead atoms. The highest BCUT2D eigenvalue weighted by Gasteiger charge is 2.33. The van der Waals surface area contributed by atoms with E-state index in [4.69, 9.17) is 11.6 Å². The van der Waals surface area contributed by atoms with E-state index in [0.717, 1.165) is 61.0 Å². The van der Waals surface area contributed by atoms with Crippen molar-refractivity contribution in [3.63, 3.8) is 0 Å². The molecule has 1 aliphatic carbocycles. The summed E-state index contributed by atoms with van der Waals surface area (Å²) in [5.74, 6) is 0.775. The summed E-state index contributed by atoms with van der Waals surface area (Å²) in [7, 11) is 0. The van der Waals surface area contributed by atoms with Crippen molar-refractivity contribution in [1.82, 2.24) is 9.78 Å². The number of aryl methyl sites for hydroxylation is 2. The molecule has 1 saturated carbocycles. The summed E-state index contributed by atoms with van der Waals surface area (Å²) in [5.41, 5.74) is 1.37. The van der Waals surface area contributed by atoms with E-state index in [1.54, 1.807) is 0 Å². The average Bonchev–Trinajstić information content (AvgIpc) is 2.66. The molecule has 120 valence electrons. The van der Waals surface area contributed by atoms with Gasteiger partial charge in [0.05, 0.1) is 22.0 Å². The molecular formula is C17H29ClN2O. The fraction of sp³-hybridized carbons (Fsp3) is 0.824. The normalized spacial score (nSPS) is 26.8. The summed E-state index contributed by atoms with van der Waals surface area (Å²) in [5, 5.41) is 16.4. The number of halogens is 1. The molecule has 0 aromatic carbocycles. The van der Waals surface area contributed by atoms with Crippen LogP contribution < -0.4 is 0 Å². The second-order valence-corrected chi connectivity index (χ2v) is 6.86. The number of rotatable bonds is 5. The lowest BCUT2D eigenvalue weighted by atomic mass is 9.88. The first-order valence-electron chi connectivity index (χ1n) is 8.49. The van der Waals surface area contributed by atoms with Crippen molar-refractivity contribution < 1.29 is 5.11 Å². The second-order valence-electron chi connectivity index (χ2n) is 6.48. The van der Waals surface area contributed by atoms with Crippen LogP contribution in [0.4, 0.5) is 0 Å². The summed E-state index contributed by atoms with van der Waals surface area (Å²) >= 11 is 6.49. The molecule has 3 nitrogen and oxygen atoms in total. The standard InChI is InChI=1S/C17H29ClN2O/c1-4-13-8-7-10-17(21,11-9-13)12-15-16(18)14(5-2)19-20(15)6-3/h13,21H,4-12H2,1-3H3. The number of nitrogens with zero attached hydrogens (tertiary/aromatic N) is 2. The van der Waals surface area contributed by atoms with Gasteiger partial charge in [0.2, 0.25) is 0 Å². The van der Waals surface area contributed by atoms with Crippen LogP contribution in [0.1, 0.15) is 70.7 Å². The fourth-order valence-electron chi connectivity index (χ4n) is 3.54. The minimum Gasteiger partial charge on any atom is -0.389 e. The maximum Gasteiger partial charge on any atom is 0.0850 e. The van der Waals surface area contributed by atoms with Crippen molar-refractivity contribution in [2.75, 3.05) is 0 Å². The van der Waals surface area contributed by atoms with Crippen LogP contribution in [0.3, 0.4) is 0 Å². The highest BCUT2D eigenvalue weighted by Crippen LogP contribution is 2.36. The maximum absolute atomic E-state index is 11.0. The molecule has 2 rings (SSSR count). The van der Waals surface area contributed by atoms with Crippen LogP contribution in [-0.2, 0) is 19.4 Å². The van der Waals surface area contributed by atoms with Crippen LogP contribution in [-0.4, -0.2) is 20.5 Å². The molecule has 0 amide bonds. The number of aromatic nitrogens is 2. The van der Waals surface area contributed by atoms with Crippen LogP contribution in [0.25, 0.3) is 0 Å². The largest absolute Gasteiger partial charge is 0.389 e. The molecule has 1 heterocycles. The van der Waals surface area contributed by atoms with Gasteiger partial charge in [-0.25, -0.2) is 0 Å². The van der Waals surface area contributed by atoms with Gasteiger partial charge in [-0.15, -0.1) is 0 Å². The molecule has 0 spiro atoms. The van der Waals surface area contributed by atoms with E-state index >= 15 is 0 Å². The molecule has 1 N–H and O–H groups in total. The Balaban J connectivity index is 2.18. The average molecular weight is 313 g/mol. The Morgan fingerprint density at radius 2 is 2.05 bits per heavy atom. The highest BCUT2D eigenvalue weighted by molar-refractivity contribution is 6.31. The van der Waals surface area contributed by atoms with Crippen molar-refractivity contribution in [1.29, 1.82) is 0 Å². The Morgan fingerprint density at radius 1 is 1.29 bits per heavy atom. The predicted molar refractivity (Wildman–Crippen MR) is 87.8 cm³/mol. The summed E-state index contributed by atoms with van der Waals surface area (Å²) in [6.45, 7) is 7.22. The monoisotopic (exact) mass is 312 g/mol. The van der Waals surface area contributed by atoms with Gasteiger partial charge >= 0.3 is 0 Å². The molecule has 0 saturated heterocycles. The van der Waals surface area contributed by atoms with Crippen LogP contribution in [0, 0.1) is 5.92 Å². The minimum absolute atomic E-state index is 0.606. The molecule has 1 fully saturated rings. The second kappa shape index (κ2) is 7.15. The molecule has 2 unspecified atom stereocenters. The van der Waals surface area contributed by atoms with Gasteiger partial charge in [0.15, 0.2) is 0 Å². The van der Waals surface area contributed by atoms with Gasteiger partial charge in [0, 0.05) is 13.0 Å². The molecular weight excluding hydrogens is 284 g/mol. The third kappa shape index (κ3) is 3.81. The summed E-state index contributed by atoms with van der Waals surface area (Å²) in [6, 6.07) is 0. The summed E-state index contributed by atoms with van der Waals surface area (Å²) in [6.07, 6.45) is 7.98. The maximum atomic E-state index is 11.0. The first-order chi connectivity index (χ1) is 10.0. The summed E-state index contributed by atoms with van der Waals surface area (Å²) < 4.78 is 1.97. The summed E-state index contributed by atoms with van der Waals surface area (Å²) in [4.78, 5) is 0. The Hall–Kier alpha value is -0.540. The van der Waals surface area contributed by atoms with E-state index in [1.807, 2.05) is 4.68 Å². The lowest BCUT2D eigenvalue weighted by Crippen LogP contribution is -2.32. The molecule has 21 heavy (non-hydrogen) atoms. The quantitative estimate of drug-likeness (QED) is 0.819. The third-order valence-electron chi connectivity index (χ3n) is 5.04. The zero-order chi connectivity index (χ0) is 15.5. The first-order valence-corrected chi connectivity index (χ1v) is 8.87. The molecule has 4 heteroatoms. The van der Waals surface area contributed by atoms with Crippen molar-refractivity contribution >= 4 is 11.6 Å². The molecule has 2 atom stereocenters. The molecule has 0 aliphatic heterocycles. The predicted octanol–water partition coefficient (Wildman–Crippen LogP) is 4.38. The van der Waals surface area contributed by atoms with E-state index in [0.29, 0.717) is 6.42 Å². The zero-order valence-corrected chi connectivity index (χ0v) is 14.4. The van der Waals surface area contributed by atoms with Gasteiger partial charge in [-0.3, -0.25) is 4.68 Å². The highest BCUT2D eigenvalue weighted by atomic mass is 35.5. The lowest BCUT2D eigenvalue weighted by molar-refractivity contribution is 0.0223. The van der Waals surface area contributed by atoms with Gasteiger partial charge in [-0.05, 0) is 38.5 Å². The molecule has 1 aromatic rings. The van der Waals surface area contributed by atoms with Crippen LogP contribution in [0.5, 0.6) is 0 Å². The minimum atomic E-state index is -0.606. The smallest absolute Gasteiger partial charge is 0.0850 e. The van der Waals surface area contributed by atoms with Crippen LogP contribution in [0.2, 0.25) is 5.02 Å². The first kappa shape index (κ1) is 16.8. The molecule has 0 radical (unpaired) electrons. The SMILES string of the molecule is CCc1nn(CC)c(CC2(O)CCCC(CC)CC2)c1Cl. The van der Waals surface area contributed by atoms with Crippen LogP contribution in [0.15, 0.2) is 0 Å².